The minimum atomic E-state index is -0.527. The number of anilines is 1. The van der Waals surface area contributed by atoms with E-state index in [0.717, 1.165) is 30.1 Å². The monoisotopic (exact) mass is 341 g/mol. The first-order chi connectivity index (χ1) is 11.7. The maximum Gasteiger partial charge on any atom is 0.389 e. The second-order valence-electron chi connectivity index (χ2n) is 5.23. The Labute approximate surface area is 148 Å². The number of carbonyl (C=O) groups excluding carboxylic acids is 1. The second-order valence-corrected chi connectivity index (χ2v) is 5.66. The van der Waals surface area contributed by atoms with Crippen LogP contribution in [0.2, 0.25) is 5.02 Å². The average Bonchev–Trinajstić information content (AvgIpc) is 2.60. The molecule has 0 heterocycles. The number of hydrogen-bond acceptors (Lipinski definition) is 3. The molecular formula is C20H20ClNO2. The Kier molecular flexibility index (Phi) is 7.20. The van der Waals surface area contributed by atoms with Gasteiger partial charge in [0.15, 0.2) is 0 Å². The molecule has 0 spiro atoms. The van der Waals surface area contributed by atoms with Crippen molar-refractivity contribution in [1.82, 2.24) is 0 Å². The summed E-state index contributed by atoms with van der Waals surface area (Å²) >= 11 is 5.87. The topological polar surface area (TPSA) is 38.3 Å². The third-order valence-electron chi connectivity index (χ3n) is 3.32. The van der Waals surface area contributed by atoms with Gasteiger partial charge in [-0.15, -0.1) is 0 Å². The predicted octanol–water partition coefficient (Wildman–Crippen LogP) is 4.70. The molecule has 0 unspecified atom stereocenters. The molecule has 4 heteroatoms. The van der Waals surface area contributed by atoms with Crippen molar-refractivity contribution in [3.8, 4) is 17.6 Å². The lowest BCUT2D eigenvalue weighted by molar-refractivity contribution is -0.128. The van der Waals surface area contributed by atoms with Gasteiger partial charge in [0.05, 0.1) is 0 Å². The lowest BCUT2D eigenvalue weighted by Gasteiger charge is -2.07. The molecule has 2 rings (SSSR count). The Balaban J connectivity index is 1.73. The first-order valence-corrected chi connectivity index (χ1v) is 8.34. The van der Waals surface area contributed by atoms with Crippen LogP contribution in [-0.2, 0) is 11.2 Å². The third-order valence-corrected chi connectivity index (χ3v) is 3.57. The maximum absolute atomic E-state index is 11.4. The van der Waals surface area contributed by atoms with Gasteiger partial charge in [-0.1, -0.05) is 36.6 Å². The van der Waals surface area contributed by atoms with Crippen molar-refractivity contribution in [2.24, 2.45) is 0 Å². The van der Waals surface area contributed by atoms with Crippen LogP contribution in [-0.4, -0.2) is 12.5 Å². The normalized spacial score (nSPS) is 9.75. The number of halogens is 1. The lowest BCUT2D eigenvalue weighted by Crippen LogP contribution is -2.05. The van der Waals surface area contributed by atoms with E-state index < -0.39 is 5.97 Å². The molecule has 0 fully saturated rings. The van der Waals surface area contributed by atoms with Gasteiger partial charge in [0.25, 0.3) is 0 Å². The van der Waals surface area contributed by atoms with Gasteiger partial charge in [0.1, 0.15) is 5.75 Å². The number of hydrogen-bond donors (Lipinski definition) is 1. The second kappa shape index (κ2) is 9.64. The molecule has 0 radical (unpaired) electrons. The predicted molar refractivity (Wildman–Crippen MR) is 98.4 cm³/mol. The van der Waals surface area contributed by atoms with Gasteiger partial charge in [-0.05, 0) is 54.8 Å². The molecule has 124 valence electrons. The standard InChI is InChI=1S/C20H20ClNO2/c1-2-3-6-20(23)24-19-13-11-18(12-14-19)22-15-4-5-16-7-9-17(21)10-8-16/h7-14,22H,2,4-5,15H2,1H3. The van der Waals surface area contributed by atoms with Crippen molar-refractivity contribution < 1.29 is 9.53 Å². The fourth-order valence-electron chi connectivity index (χ4n) is 2.11. The summed E-state index contributed by atoms with van der Waals surface area (Å²) in [7, 11) is 0. The van der Waals surface area contributed by atoms with Crippen molar-refractivity contribution >= 4 is 23.3 Å². The van der Waals surface area contributed by atoms with Crippen LogP contribution in [0.25, 0.3) is 0 Å². The molecular weight excluding hydrogens is 322 g/mol. The van der Waals surface area contributed by atoms with Crippen LogP contribution in [0, 0.1) is 11.8 Å². The van der Waals surface area contributed by atoms with E-state index in [4.69, 9.17) is 16.3 Å². The number of benzene rings is 2. The van der Waals surface area contributed by atoms with Crippen LogP contribution in [0.15, 0.2) is 48.5 Å². The molecule has 0 saturated carbocycles. The van der Waals surface area contributed by atoms with Crippen molar-refractivity contribution in [2.45, 2.75) is 26.2 Å². The largest absolute Gasteiger partial charge is 0.417 e. The number of carbonyl (C=O) groups is 1. The number of nitrogens with one attached hydrogen (secondary N) is 1. The van der Waals surface area contributed by atoms with E-state index >= 15 is 0 Å². The SMILES string of the molecule is CCC#CC(=O)Oc1ccc(NCCCc2ccc(Cl)cc2)cc1. The van der Waals surface area contributed by atoms with Crippen LogP contribution in [0.5, 0.6) is 5.75 Å². The van der Waals surface area contributed by atoms with E-state index in [2.05, 4.69) is 17.2 Å². The van der Waals surface area contributed by atoms with Crippen LogP contribution in [0.3, 0.4) is 0 Å². The molecule has 24 heavy (non-hydrogen) atoms. The lowest BCUT2D eigenvalue weighted by atomic mass is 10.1. The third kappa shape index (κ3) is 6.36. The highest BCUT2D eigenvalue weighted by atomic mass is 35.5. The summed E-state index contributed by atoms with van der Waals surface area (Å²) in [6.07, 6.45) is 2.65. The van der Waals surface area contributed by atoms with Gasteiger partial charge < -0.3 is 10.1 Å². The molecule has 0 aliphatic heterocycles. The summed E-state index contributed by atoms with van der Waals surface area (Å²) in [5.41, 5.74) is 2.27. The van der Waals surface area contributed by atoms with Crippen molar-refractivity contribution in [1.29, 1.82) is 0 Å². The number of rotatable bonds is 6. The summed E-state index contributed by atoms with van der Waals surface area (Å²) in [6, 6.07) is 15.2. The molecule has 0 amide bonds. The minimum Gasteiger partial charge on any atom is -0.417 e. The van der Waals surface area contributed by atoms with Crippen LogP contribution < -0.4 is 10.1 Å². The summed E-state index contributed by atoms with van der Waals surface area (Å²) in [5, 5.41) is 4.11. The van der Waals surface area contributed by atoms with Crippen molar-refractivity contribution in [3.63, 3.8) is 0 Å². The maximum atomic E-state index is 11.4. The molecule has 0 atom stereocenters. The van der Waals surface area contributed by atoms with E-state index in [1.165, 1.54) is 5.56 Å². The van der Waals surface area contributed by atoms with Crippen LogP contribution >= 0.6 is 11.6 Å². The molecule has 0 aromatic heterocycles. The summed E-state index contributed by atoms with van der Waals surface area (Å²) in [6.45, 7) is 2.75. The number of ether oxygens (including phenoxy) is 1. The zero-order valence-electron chi connectivity index (χ0n) is 13.6. The molecule has 2 aromatic rings. The van der Waals surface area contributed by atoms with Gasteiger partial charge >= 0.3 is 5.97 Å². The molecule has 2 aromatic carbocycles. The molecule has 0 aliphatic carbocycles. The number of aryl methyl sites for hydroxylation is 1. The van der Waals surface area contributed by atoms with Gasteiger partial charge in [-0.2, -0.15) is 0 Å². The summed E-state index contributed by atoms with van der Waals surface area (Å²) < 4.78 is 5.11. The van der Waals surface area contributed by atoms with Crippen molar-refractivity contribution in [2.75, 3.05) is 11.9 Å². The van der Waals surface area contributed by atoms with Gasteiger partial charge in [-0.3, -0.25) is 0 Å². The highest BCUT2D eigenvalue weighted by molar-refractivity contribution is 6.30. The van der Waals surface area contributed by atoms with Gasteiger partial charge in [0.2, 0.25) is 0 Å². The Morgan fingerprint density at radius 2 is 1.83 bits per heavy atom. The van der Waals surface area contributed by atoms with Crippen molar-refractivity contribution in [3.05, 3.63) is 59.1 Å². The van der Waals surface area contributed by atoms with Gasteiger partial charge in [-0.25, -0.2) is 4.79 Å². The Morgan fingerprint density at radius 3 is 2.50 bits per heavy atom. The Bertz CT molecular complexity index is 712. The first-order valence-electron chi connectivity index (χ1n) is 7.96. The highest BCUT2D eigenvalue weighted by Crippen LogP contribution is 2.16. The summed E-state index contributed by atoms with van der Waals surface area (Å²) in [5.74, 6) is 5.08. The molecule has 3 nitrogen and oxygen atoms in total. The smallest absolute Gasteiger partial charge is 0.389 e. The Hall–Kier alpha value is -2.44. The molecule has 0 bridgehead atoms. The fourth-order valence-corrected chi connectivity index (χ4v) is 2.24. The Morgan fingerprint density at radius 1 is 1.12 bits per heavy atom. The van der Waals surface area contributed by atoms with E-state index in [1.54, 1.807) is 12.1 Å². The minimum absolute atomic E-state index is 0.497. The quantitative estimate of drug-likeness (QED) is 0.272. The summed E-state index contributed by atoms with van der Waals surface area (Å²) in [4.78, 5) is 11.4. The zero-order valence-corrected chi connectivity index (χ0v) is 14.4. The molecule has 0 saturated heterocycles. The van der Waals surface area contributed by atoms with Crippen LogP contribution in [0.1, 0.15) is 25.3 Å². The first kappa shape index (κ1) is 17.9. The van der Waals surface area contributed by atoms with E-state index in [0.29, 0.717) is 12.2 Å². The van der Waals surface area contributed by atoms with Gasteiger partial charge in [0, 0.05) is 29.6 Å². The average molecular weight is 342 g/mol. The molecule has 0 aliphatic rings. The highest BCUT2D eigenvalue weighted by Gasteiger charge is 2.01. The van der Waals surface area contributed by atoms with Crippen LogP contribution in [0.4, 0.5) is 5.69 Å². The zero-order chi connectivity index (χ0) is 17.2. The van der Waals surface area contributed by atoms with E-state index in [1.807, 2.05) is 43.3 Å². The number of esters is 1. The van der Waals surface area contributed by atoms with E-state index in [9.17, 15) is 4.79 Å². The molecule has 1 N–H and O–H groups in total. The fraction of sp³-hybridized carbons (Fsp3) is 0.250. The van der Waals surface area contributed by atoms with E-state index in [-0.39, 0.29) is 0 Å².